The standard InChI is InChI=1S/C18H21FN4O2/c1-13-11-16(20-21(13)2)18(25)23-9-7-22(8-10-23)12-17(24)14-3-5-15(19)6-4-14/h3-6,11H,7-10,12H2,1-2H3. The first-order chi connectivity index (χ1) is 11.9. The molecule has 2 aromatic rings. The summed E-state index contributed by atoms with van der Waals surface area (Å²) in [5.41, 5.74) is 1.89. The van der Waals surface area contributed by atoms with Crippen LogP contribution in [0.15, 0.2) is 30.3 Å². The highest BCUT2D eigenvalue weighted by atomic mass is 19.1. The van der Waals surface area contributed by atoms with Gasteiger partial charge in [-0.05, 0) is 37.3 Å². The van der Waals surface area contributed by atoms with Crippen LogP contribution in [0, 0.1) is 12.7 Å². The fourth-order valence-corrected chi connectivity index (χ4v) is 2.87. The third-order valence-electron chi connectivity index (χ3n) is 4.53. The molecule has 1 saturated heterocycles. The van der Waals surface area contributed by atoms with Gasteiger partial charge < -0.3 is 4.90 Å². The molecule has 3 rings (SSSR count). The summed E-state index contributed by atoms with van der Waals surface area (Å²) in [5, 5.41) is 4.23. The zero-order valence-electron chi connectivity index (χ0n) is 14.4. The van der Waals surface area contributed by atoms with Gasteiger partial charge >= 0.3 is 0 Å². The van der Waals surface area contributed by atoms with Crippen molar-refractivity contribution in [3.8, 4) is 0 Å². The Morgan fingerprint density at radius 3 is 2.32 bits per heavy atom. The van der Waals surface area contributed by atoms with Crippen molar-refractivity contribution in [2.45, 2.75) is 6.92 Å². The Hall–Kier alpha value is -2.54. The highest BCUT2D eigenvalue weighted by Gasteiger charge is 2.25. The van der Waals surface area contributed by atoms with Crippen LogP contribution in [0.5, 0.6) is 0 Å². The minimum atomic E-state index is -0.353. The molecule has 0 saturated carbocycles. The van der Waals surface area contributed by atoms with Gasteiger partial charge in [-0.2, -0.15) is 5.10 Å². The van der Waals surface area contributed by atoms with Crippen LogP contribution in [-0.2, 0) is 7.05 Å². The van der Waals surface area contributed by atoms with E-state index in [1.54, 1.807) is 15.6 Å². The van der Waals surface area contributed by atoms with Crippen LogP contribution in [-0.4, -0.2) is 64.0 Å². The number of nitrogens with zero attached hydrogens (tertiary/aromatic N) is 4. The normalized spacial score (nSPS) is 15.4. The molecule has 0 atom stereocenters. The van der Waals surface area contributed by atoms with E-state index in [4.69, 9.17) is 0 Å². The fourth-order valence-electron chi connectivity index (χ4n) is 2.87. The number of carbonyl (C=O) groups is 2. The van der Waals surface area contributed by atoms with Crippen LogP contribution in [0.1, 0.15) is 26.5 Å². The van der Waals surface area contributed by atoms with E-state index >= 15 is 0 Å². The van der Waals surface area contributed by atoms with Crippen molar-refractivity contribution >= 4 is 11.7 Å². The number of carbonyl (C=O) groups excluding carboxylic acids is 2. The molecule has 2 heterocycles. The van der Waals surface area contributed by atoms with Gasteiger partial charge in [0.05, 0.1) is 6.54 Å². The highest BCUT2D eigenvalue weighted by molar-refractivity contribution is 5.97. The van der Waals surface area contributed by atoms with Crippen molar-refractivity contribution in [1.82, 2.24) is 19.6 Å². The molecule has 1 fully saturated rings. The molecule has 1 aromatic heterocycles. The Morgan fingerprint density at radius 1 is 1.12 bits per heavy atom. The Balaban J connectivity index is 1.54. The van der Waals surface area contributed by atoms with E-state index in [9.17, 15) is 14.0 Å². The quantitative estimate of drug-likeness (QED) is 0.789. The monoisotopic (exact) mass is 344 g/mol. The number of Topliss-reactive ketones (excluding diaryl/α,β-unsaturated/α-hetero) is 1. The number of ketones is 1. The molecule has 7 heteroatoms. The second-order valence-electron chi connectivity index (χ2n) is 6.29. The van der Waals surface area contributed by atoms with E-state index in [2.05, 4.69) is 5.10 Å². The first-order valence-corrected chi connectivity index (χ1v) is 8.25. The molecule has 25 heavy (non-hydrogen) atoms. The maximum Gasteiger partial charge on any atom is 0.274 e. The number of hydrogen-bond acceptors (Lipinski definition) is 4. The maximum absolute atomic E-state index is 12.9. The maximum atomic E-state index is 12.9. The van der Waals surface area contributed by atoms with Crippen molar-refractivity contribution < 1.29 is 14.0 Å². The molecular formula is C18H21FN4O2. The highest BCUT2D eigenvalue weighted by Crippen LogP contribution is 2.11. The second-order valence-corrected chi connectivity index (χ2v) is 6.29. The Kier molecular flexibility index (Phi) is 4.94. The van der Waals surface area contributed by atoms with Crippen molar-refractivity contribution in [2.24, 2.45) is 7.05 Å². The lowest BCUT2D eigenvalue weighted by Gasteiger charge is -2.34. The number of hydrogen-bond donors (Lipinski definition) is 0. The summed E-state index contributed by atoms with van der Waals surface area (Å²) < 4.78 is 14.6. The third-order valence-corrected chi connectivity index (χ3v) is 4.53. The number of aryl methyl sites for hydroxylation is 2. The molecule has 0 spiro atoms. The predicted molar refractivity (Wildman–Crippen MR) is 91.0 cm³/mol. The zero-order chi connectivity index (χ0) is 18.0. The van der Waals surface area contributed by atoms with Gasteiger partial charge in [-0.25, -0.2) is 4.39 Å². The van der Waals surface area contributed by atoms with Gasteiger partial charge in [-0.15, -0.1) is 0 Å². The first kappa shape index (κ1) is 17.3. The summed E-state index contributed by atoms with van der Waals surface area (Å²) in [7, 11) is 1.81. The smallest absolute Gasteiger partial charge is 0.274 e. The summed E-state index contributed by atoms with van der Waals surface area (Å²) >= 11 is 0. The first-order valence-electron chi connectivity index (χ1n) is 8.25. The molecular weight excluding hydrogens is 323 g/mol. The van der Waals surface area contributed by atoms with Crippen molar-refractivity contribution in [3.63, 3.8) is 0 Å². The molecule has 6 nitrogen and oxygen atoms in total. The molecule has 132 valence electrons. The summed E-state index contributed by atoms with van der Waals surface area (Å²) in [6.07, 6.45) is 0. The SMILES string of the molecule is Cc1cc(C(=O)N2CCN(CC(=O)c3ccc(F)cc3)CC2)nn1C. The summed E-state index contributed by atoms with van der Waals surface area (Å²) in [4.78, 5) is 28.5. The average Bonchev–Trinajstić information content (AvgIpc) is 2.94. The van der Waals surface area contributed by atoms with Crippen molar-refractivity contribution in [2.75, 3.05) is 32.7 Å². The van der Waals surface area contributed by atoms with Gasteiger partial charge in [-0.1, -0.05) is 0 Å². The van der Waals surface area contributed by atoms with Crippen molar-refractivity contribution in [1.29, 1.82) is 0 Å². The van der Waals surface area contributed by atoms with E-state index in [-0.39, 0.29) is 24.1 Å². The van der Waals surface area contributed by atoms with E-state index in [1.807, 2.05) is 18.9 Å². The lowest BCUT2D eigenvalue weighted by molar-refractivity contribution is 0.0618. The Labute approximate surface area is 145 Å². The van der Waals surface area contributed by atoms with Crippen LogP contribution >= 0.6 is 0 Å². The van der Waals surface area contributed by atoms with Gasteiger partial charge in [0.1, 0.15) is 5.82 Å². The van der Waals surface area contributed by atoms with E-state index in [0.717, 1.165) is 5.69 Å². The molecule has 0 unspecified atom stereocenters. The number of piperazine rings is 1. The van der Waals surface area contributed by atoms with Crippen LogP contribution in [0.4, 0.5) is 4.39 Å². The van der Waals surface area contributed by atoms with Gasteiger partial charge in [0.15, 0.2) is 11.5 Å². The molecule has 0 N–H and O–H groups in total. The minimum Gasteiger partial charge on any atom is -0.335 e. The topological polar surface area (TPSA) is 58.4 Å². The summed E-state index contributed by atoms with van der Waals surface area (Å²) in [6, 6.07) is 7.37. The van der Waals surface area contributed by atoms with Gasteiger partial charge in [0, 0.05) is 44.5 Å². The number of aromatic nitrogens is 2. The molecule has 1 amide bonds. The second kappa shape index (κ2) is 7.14. The van der Waals surface area contributed by atoms with E-state index < -0.39 is 0 Å². The van der Waals surface area contributed by atoms with E-state index in [0.29, 0.717) is 37.4 Å². The lowest BCUT2D eigenvalue weighted by Crippen LogP contribution is -2.50. The van der Waals surface area contributed by atoms with Crippen molar-refractivity contribution in [3.05, 3.63) is 53.1 Å². The Bertz CT molecular complexity index is 757. The van der Waals surface area contributed by atoms with E-state index in [1.165, 1.54) is 24.3 Å². The molecule has 1 aliphatic rings. The molecule has 1 aromatic carbocycles. The van der Waals surface area contributed by atoms with Crippen LogP contribution in [0.2, 0.25) is 0 Å². The van der Waals surface area contributed by atoms with Crippen LogP contribution < -0.4 is 0 Å². The number of rotatable bonds is 4. The summed E-state index contributed by atoms with van der Waals surface area (Å²) in [5.74, 6) is -0.471. The van der Waals surface area contributed by atoms with Gasteiger partial charge in [0.25, 0.3) is 5.91 Å². The van der Waals surface area contributed by atoms with Gasteiger partial charge in [-0.3, -0.25) is 19.2 Å². The Morgan fingerprint density at radius 2 is 1.76 bits per heavy atom. The molecule has 0 bridgehead atoms. The zero-order valence-corrected chi connectivity index (χ0v) is 14.4. The summed E-state index contributed by atoms with van der Waals surface area (Å²) in [6.45, 7) is 4.56. The van der Waals surface area contributed by atoms with Crippen LogP contribution in [0.25, 0.3) is 0 Å². The largest absolute Gasteiger partial charge is 0.335 e. The van der Waals surface area contributed by atoms with Gasteiger partial charge in [0.2, 0.25) is 0 Å². The molecule has 0 aliphatic carbocycles. The predicted octanol–water partition coefficient (Wildman–Crippen LogP) is 1.51. The molecule has 0 radical (unpaired) electrons. The van der Waals surface area contributed by atoms with Crippen LogP contribution in [0.3, 0.4) is 0 Å². The lowest BCUT2D eigenvalue weighted by atomic mass is 10.1. The number of benzene rings is 1. The number of halogens is 1. The average molecular weight is 344 g/mol. The third kappa shape index (κ3) is 3.93. The molecule has 1 aliphatic heterocycles. The number of amides is 1. The minimum absolute atomic E-state index is 0.0415. The fraction of sp³-hybridized carbons (Fsp3) is 0.389.